The van der Waals surface area contributed by atoms with Crippen LogP contribution in [0.15, 0.2) is 0 Å². The Kier molecular flexibility index (Phi) is 9.80. The Bertz CT molecular complexity index is 245. The van der Waals surface area contributed by atoms with Gasteiger partial charge in [-0.3, -0.25) is 0 Å². The summed E-state index contributed by atoms with van der Waals surface area (Å²) in [6, 6.07) is 0. The molecule has 0 aromatic heterocycles. The molecule has 0 aliphatic rings. The maximum absolute atomic E-state index is 6.16. The van der Waals surface area contributed by atoms with Crippen LogP contribution in [0.1, 0.15) is 93.9 Å². The van der Waals surface area contributed by atoms with Gasteiger partial charge in [0.2, 0.25) is 0 Å². The molecular formula is C19H40O2. The van der Waals surface area contributed by atoms with Crippen LogP contribution in [0, 0.1) is 5.92 Å². The molecule has 128 valence electrons. The van der Waals surface area contributed by atoms with E-state index in [0.717, 1.165) is 6.61 Å². The molecule has 0 bridgehead atoms. The van der Waals surface area contributed by atoms with Crippen molar-refractivity contribution in [3.8, 4) is 0 Å². The summed E-state index contributed by atoms with van der Waals surface area (Å²) in [7, 11) is 0. The van der Waals surface area contributed by atoms with E-state index in [1.54, 1.807) is 0 Å². The van der Waals surface area contributed by atoms with Gasteiger partial charge in [-0.15, -0.1) is 0 Å². The maximum atomic E-state index is 6.16. The highest BCUT2D eigenvalue weighted by Crippen LogP contribution is 2.21. The SMILES string of the molecule is CC(C)C(CCCCCCCOC(C)(C)C)OC(C)(C)C. The molecule has 1 atom stereocenters. The molecule has 0 aromatic rings. The summed E-state index contributed by atoms with van der Waals surface area (Å²) in [6.45, 7) is 18.2. The standard InChI is InChI=1S/C19H40O2/c1-16(2)17(21-19(6,7)8)14-12-10-9-11-13-15-20-18(3,4)5/h16-17H,9-15H2,1-8H3. The zero-order valence-electron chi connectivity index (χ0n) is 15.9. The molecule has 21 heavy (non-hydrogen) atoms. The summed E-state index contributed by atoms with van der Waals surface area (Å²) in [5, 5.41) is 0. The van der Waals surface area contributed by atoms with Gasteiger partial charge in [0.1, 0.15) is 0 Å². The summed E-state index contributed by atoms with van der Waals surface area (Å²) in [6.07, 6.45) is 7.95. The van der Waals surface area contributed by atoms with Gasteiger partial charge >= 0.3 is 0 Å². The summed E-state index contributed by atoms with van der Waals surface area (Å²) >= 11 is 0. The number of hydrogen-bond donors (Lipinski definition) is 0. The summed E-state index contributed by atoms with van der Waals surface area (Å²) < 4.78 is 11.9. The van der Waals surface area contributed by atoms with Crippen LogP contribution in [0.25, 0.3) is 0 Å². The van der Waals surface area contributed by atoms with E-state index in [-0.39, 0.29) is 11.2 Å². The van der Waals surface area contributed by atoms with E-state index in [1.807, 2.05) is 0 Å². The minimum atomic E-state index is -0.0285. The fourth-order valence-corrected chi connectivity index (χ4v) is 2.34. The Morgan fingerprint density at radius 3 is 1.71 bits per heavy atom. The molecule has 0 fully saturated rings. The van der Waals surface area contributed by atoms with E-state index in [4.69, 9.17) is 9.47 Å². The van der Waals surface area contributed by atoms with Crippen LogP contribution in [0.3, 0.4) is 0 Å². The summed E-state index contributed by atoms with van der Waals surface area (Å²) in [5.41, 5.74) is -0.0198. The minimum Gasteiger partial charge on any atom is -0.376 e. The van der Waals surface area contributed by atoms with Crippen molar-refractivity contribution < 1.29 is 9.47 Å². The van der Waals surface area contributed by atoms with Crippen LogP contribution in [0.4, 0.5) is 0 Å². The number of hydrogen-bond acceptors (Lipinski definition) is 2. The number of unbranched alkanes of at least 4 members (excludes halogenated alkanes) is 4. The summed E-state index contributed by atoms with van der Waals surface area (Å²) in [5.74, 6) is 0.601. The third-order valence-electron chi connectivity index (χ3n) is 3.42. The molecule has 0 aliphatic heterocycles. The molecule has 0 aliphatic carbocycles. The Hall–Kier alpha value is -0.0800. The second-order valence-electron chi connectivity index (χ2n) is 8.53. The van der Waals surface area contributed by atoms with Crippen molar-refractivity contribution in [2.75, 3.05) is 6.61 Å². The first-order valence-electron chi connectivity index (χ1n) is 8.83. The van der Waals surface area contributed by atoms with E-state index >= 15 is 0 Å². The van der Waals surface area contributed by atoms with E-state index in [2.05, 4.69) is 55.4 Å². The van der Waals surface area contributed by atoms with Crippen molar-refractivity contribution in [3.05, 3.63) is 0 Å². The molecule has 0 aromatic carbocycles. The van der Waals surface area contributed by atoms with Gasteiger partial charge in [0, 0.05) is 6.61 Å². The average molecular weight is 301 g/mol. The second kappa shape index (κ2) is 9.84. The molecule has 2 nitrogen and oxygen atoms in total. The molecule has 0 heterocycles. The lowest BCUT2D eigenvalue weighted by molar-refractivity contribution is -0.0830. The third-order valence-corrected chi connectivity index (χ3v) is 3.42. The van der Waals surface area contributed by atoms with Gasteiger partial charge in [0.05, 0.1) is 17.3 Å². The maximum Gasteiger partial charge on any atom is 0.0605 e. The van der Waals surface area contributed by atoms with Crippen molar-refractivity contribution in [2.24, 2.45) is 5.92 Å². The second-order valence-corrected chi connectivity index (χ2v) is 8.53. The van der Waals surface area contributed by atoms with Gasteiger partial charge in [0.15, 0.2) is 0 Å². The van der Waals surface area contributed by atoms with E-state index in [9.17, 15) is 0 Å². The largest absolute Gasteiger partial charge is 0.376 e. The number of rotatable bonds is 10. The lowest BCUT2D eigenvalue weighted by Gasteiger charge is -2.30. The molecule has 1 unspecified atom stereocenters. The van der Waals surface area contributed by atoms with Crippen LogP contribution >= 0.6 is 0 Å². The van der Waals surface area contributed by atoms with Crippen molar-refractivity contribution in [3.63, 3.8) is 0 Å². The minimum absolute atomic E-state index is 0.00871. The monoisotopic (exact) mass is 300 g/mol. The first-order chi connectivity index (χ1) is 9.51. The smallest absolute Gasteiger partial charge is 0.0605 e. The molecule has 0 amide bonds. The van der Waals surface area contributed by atoms with Crippen LogP contribution in [-0.4, -0.2) is 23.9 Å². The molecule has 0 rings (SSSR count). The Balaban J connectivity index is 3.64. The van der Waals surface area contributed by atoms with E-state index in [0.29, 0.717) is 12.0 Å². The van der Waals surface area contributed by atoms with Gasteiger partial charge < -0.3 is 9.47 Å². The molecule has 0 spiro atoms. The predicted octanol–water partition coefficient (Wildman–Crippen LogP) is 5.98. The van der Waals surface area contributed by atoms with Gasteiger partial charge in [-0.1, -0.05) is 39.5 Å². The van der Waals surface area contributed by atoms with Crippen molar-refractivity contribution in [1.82, 2.24) is 0 Å². The Morgan fingerprint density at radius 2 is 1.24 bits per heavy atom. The fraction of sp³-hybridized carbons (Fsp3) is 1.00. The molecule has 0 N–H and O–H groups in total. The van der Waals surface area contributed by atoms with Gasteiger partial charge in [-0.05, 0) is 60.3 Å². The van der Waals surface area contributed by atoms with Crippen molar-refractivity contribution in [1.29, 1.82) is 0 Å². The highest BCUT2D eigenvalue weighted by Gasteiger charge is 2.21. The lowest BCUT2D eigenvalue weighted by atomic mass is 9.99. The molecule has 2 heteroatoms. The molecule has 0 radical (unpaired) electrons. The fourth-order valence-electron chi connectivity index (χ4n) is 2.34. The molecule has 0 saturated carbocycles. The van der Waals surface area contributed by atoms with Crippen LogP contribution < -0.4 is 0 Å². The first kappa shape index (κ1) is 20.9. The van der Waals surface area contributed by atoms with Crippen molar-refractivity contribution >= 4 is 0 Å². The Morgan fingerprint density at radius 1 is 0.714 bits per heavy atom. The van der Waals surface area contributed by atoms with Crippen LogP contribution in [-0.2, 0) is 9.47 Å². The highest BCUT2D eigenvalue weighted by molar-refractivity contribution is 4.69. The zero-order valence-corrected chi connectivity index (χ0v) is 15.9. The topological polar surface area (TPSA) is 18.5 Å². The quantitative estimate of drug-likeness (QED) is 0.462. The van der Waals surface area contributed by atoms with Gasteiger partial charge in [-0.25, -0.2) is 0 Å². The van der Waals surface area contributed by atoms with Gasteiger partial charge in [0.25, 0.3) is 0 Å². The molecule has 0 saturated heterocycles. The first-order valence-corrected chi connectivity index (χ1v) is 8.83. The summed E-state index contributed by atoms with van der Waals surface area (Å²) in [4.78, 5) is 0. The zero-order chi connectivity index (χ0) is 16.5. The third kappa shape index (κ3) is 14.6. The Labute approximate surface area is 134 Å². The number of ether oxygens (including phenoxy) is 2. The predicted molar refractivity (Wildman–Crippen MR) is 92.9 cm³/mol. The van der Waals surface area contributed by atoms with Crippen molar-refractivity contribution in [2.45, 2.75) is 111 Å². The van der Waals surface area contributed by atoms with E-state index < -0.39 is 0 Å². The average Bonchev–Trinajstić information content (AvgIpc) is 2.27. The highest BCUT2D eigenvalue weighted by atomic mass is 16.5. The molecular weight excluding hydrogens is 260 g/mol. The van der Waals surface area contributed by atoms with Crippen LogP contribution in [0.2, 0.25) is 0 Å². The lowest BCUT2D eigenvalue weighted by Crippen LogP contribution is -2.30. The van der Waals surface area contributed by atoms with Gasteiger partial charge in [-0.2, -0.15) is 0 Å². The van der Waals surface area contributed by atoms with E-state index in [1.165, 1.54) is 38.5 Å². The normalized spacial score (nSPS) is 14.7. The van der Waals surface area contributed by atoms with Crippen LogP contribution in [0.5, 0.6) is 0 Å².